The summed E-state index contributed by atoms with van der Waals surface area (Å²) in [6, 6.07) is 9.11. The smallest absolute Gasteiger partial charge is 0.256 e. The molecule has 1 aliphatic heterocycles. The maximum atomic E-state index is 13.8. The molecule has 8 heteroatoms. The topological polar surface area (TPSA) is 57.7 Å². The lowest BCUT2D eigenvalue weighted by molar-refractivity contribution is 0.0759. The molecule has 1 aromatic heterocycles. The zero-order valence-corrected chi connectivity index (χ0v) is 14.5. The van der Waals surface area contributed by atoms with E-state index in [1.165, 1.54) is 38.7 Å². The van der Waals surface area contributed by atoms with Gasteiger partial charge in [0, 0.05) is 26.2 Å². The predicted octanol–water partition coefficient (Wildman–Crippen LogP) is 2.42. The minimum Gasteiger partial charge on any atom is -0.337 e. The molecule has 0 aliphatic carbocycles. The Morgan fingerprint density at radius 2 is 1.83 bits per heavy atom. The highest BCUT2D eigenvalue weighted by atomic mass is 32.2. The molecule has 1 aliphatic rings. The second kappa shape index (κ2) is 7.00. The molecule has 0 spiro atoms. The number of carbonyl (C=O) groups is 1. The van der Waals surface area contributed by atoms with Crippen molar-refractivity contribution in [2.75, 3.05) is 26.2 Å². The van der Waals surface area contributed by atoms with Crippen LogP contribution in [0.25, 0.3) is 0 Å². The summed E-state index contributed by atoms with van der Waals surface area (Å²) >= 11 is 1.18. The highest BCUT2D eigenvalue weighted by Crippen LogP contribution is 2.22. The fourth-order valence-electron chi connectivity index (χ4n) is 2.68. The van der Waals surface area contributed by atoms with Gasteiger partial charge in [-0.05, 0) is 30.0 Å². The Kier molecular flexibility index (Phi) is 4.98. The Hall–Kier alpha value is -1.77. The Labute approximate surface area is 144 Å². The third-order valence-electron chi connectivity index (χ3n) is 3.94. The highest BCUT2D eigenvalue weighted by molar-refractivity contribution is 7.91. The van der Waals surface area contributed by atoms with E-state index in [4.69, 9.17) is 0 Å². The van der Waals surface area contributed by atoms with Gasteiger partial charge in [-0.2, -0.15) is 4.31 Å². The number of benzene rings is 1. The van der Waals surface area contributed by atoms with Crippen molar-refractivity contribution in [1.29, 1.82) is 0 Å². The lowest BCUT2D eigenvalue weighted by atomic mass is 10.2. The molecule has 2 heterocycles. The molecule has 1 saturated heterocycles. The second-order valence-electron chi connectivity index (χ2n) is 5.46. The summed E-state index contributed by atoms with van der Waals surface area (Å²) in [5.41, 5.74) is 0.0204. The van der Waals surface area contributed by atoms with Crippen LogP contribution in [0.1, 0.15) is 16.8 Å². The fraction of sp³-hybridized carbons (Fsp3) is 0.312. The van der Waals surface area contributed by atoms with Gasteiger partial charge in [0.1, 0.15) is 10.0 Å². The van der Waals surface area contributed by atoms with Crippen LogP contribution in [0.3, 0.4) is 0 Å². The van der Waals surface area contributed by atoms with Crippen LogP contribution in [-0.2, 0) is 10.0 Å². The summed E-state index contributed by atoms with van der Waals surface area (Å²) < 4.78 is 40.6. The monoisotopic (exact) mass is 368 g/mol. The summed E-state index contributed by atoms with van der Waals surface area (Å²) in [5.74, 6) is -0.960. The molecule has 5 nitrogen and oxygen atoms in total. The summed E-state index contributed by atoms with van der Waals surface area (Å²) in [6.45, 7) is 1.21. The lowest BCUT2D eigenvalue weighted by Gasteiger charge is -2.21. The van der Waals surface area contributed by atoms with E-state index < -0.39 is 21.7 Å². The van der Waals surface area contributed by atoms with Crippen LogP contribution in [0.5, 0.6) is 0 Å². The number of amides is 1. The van der Waals surface area contributed by atoms with Crippen LogP contribution in [-0.4, -0.2) is 49.7 Å². The molecule has 1 fully saturated rings. The summed E-state index contributed by atoms with van der Waals surface area (Å²) in [5, 5.41) is 1.72. The minimum atomic E-state index is -3.52. The van der Waals surface area contributed by atoms with Gasteiger partial charge < -0.3 is 4.90 Å². The van der Waals surface area contributed by atoms with Crippen LogP contribution >= 0.6 is 11.3 Å². The first-order valence-electron chi connectivity index (χ1n) is 7.57. The van der Waals surface area contributed by atoms with E-state index in [0.717, 1.165) is 0 Å². The summed E-state index contributed by atoms with van der Waals surface area (Å²) in [6.07, 6.45) is 0.519. The zero-order valence-electron chi connectivity index (χ0n) is 12.9. The molecule has 0 radical (unpaired) electrons. The van der Waals surface area contributed by atoms with Gasteiger partial charge in [0.25, 0.3) is 15.9 Å². The number of carbonyl (C=O) groups excluding carboxylic acids is 1. The van der Waals surface area contributed by atoms with Crippen LogP contribution < -0.4 is 0 Å². The van der Waals surface area contributed by atoms with Crippen LogP contribution in [0, 0.1) is 5.82 Å². The molecule has 0 bridgehead atoms. The largest absolute Gasteiger partial charge is 0.337 e. The molecule has 0 atom stereocenters. The van der Waals surface area contributed by atoms with Crippen molar-refractivity contribution >= 4 is 27.3 Å². The standard InChI is InChI=1S/C16H17FN2O3S2/c17-14-6-2-1-5-13(14)16(20)18-8-4-9-19(11-10-18)24(21,22)15-7-3-12-23-15/h1-3,5-7,12H,4,8-11H2. The fourth-order valence-corrected chi connectivity index (χ4v) is 5.29. The number of hydrogen-bond donors (Lipinski definition) is 0. The average molecular weight is 368 g/mol. The van der Waals surface area contributed by atoms with E-state index in [2.05, 4.69) is 0 Å². The Morgan fingerprint density at radius 3 is 2.54 bits per heavy atom. The van der Waals surface area contributed by atoms with E-state index in [1.807, 2.05) is 0 Å². The third-order valence-corrected chi connectivity index (χ3v) is 7.21. The Morgan fingerprint density at radius 1 is 1.04 bits per heavy atom. The molecule has 2 aromatic rings. The summed E-state index contributed by atoms with van der Waals surface area (Å²) in [7, 11) is -3.52. The Balaban J connectivity index is 1.74. The van der Waals surface area contributed by atoms with Crippen molar-refractivity contribution in [3.05, 3.63) is 53.2 Å². The van der Waals surface area contributed by atoms with Crippen molar-refractivity contribution in [1.82, 2.24) is 9.21 Å². The van der Waals surface area contributed by atoms with E-state index in [0.29, 0.717) is 23.7 Å². The molecule has 0 N–H and O–H groups in total. The van der Waals surface area contributed by atoms with E-state index in [1.54, 1.807) is 23.6 Å². The quantitative estimate of drug-likeness (QED) is 0.836. The van der Waals surface area contributed by atoms with Crippen molar-refractivity contribution in [2.45, 2.75) is 10.6 Å². The molecule has 128 valence electrons. The van der Waals surface area contributed by atoms with Crippen LogP contribution in [0.2, 0.25) is 0 Å². The van der Waals surface area contributed by atoms with Gasteiger partial charge in [-0.1, -0.05) is 18.2 Å². The van der Waals surface area contributed by atoms with Crippen molar-refractivity contribution in [2.24, 2.45) is 0 Å². The highest BCUT2D eigenvalue weighted by Gasteiger charge is 2.29. The van der Waals surface area contributed by atoms with E-state index >= 15 is 0 Å². The number of hydrogen-bond acceptors (Lipinski definition) is 4. The molecule has 1 amide bonds. The van der Waals surface area contributed by atoms with Gasteiger partial charge in [0.15, 0.2) is 0 Å². The maximum Gasteiger partial charge on any atom is 0.256 e. The maximum absolute atomic E-state index is 13.8. The predicted molar refractivity (Wildman–Crippen MR) is 90.0 cm³/mol. The first kappa shape index (κ1) is 17.1. The number of halogens is 1. The molecule has 0 saturated carbocycles. The van der Waals surface area contributed by atoms with Gasteiger partial charge in [-0.25, -0.2) is 12.8 Å². The zero-order chi connectivity index (χ0) is 17.2. The lowest BCUT2D eigenvalue weighted by Crippen LogP contribution is -2.37. The first-order valence-corrected chi connectivity index (χ1v) is 9.89. The molecule has 0 unspecified atom stereocenters. The molecule has 24 heavy (non-hydrogen) atoms. The minimum absolute atomic E-state index is 0.0204. The van der Waals surface area contributed by atoms with Gasteiger partial charge in [-0.15, -0.1) is 11.3 Å². The first-order chi connectivity index (χ1) is 11.5. The molecular formula is C16H17FN2O3S2. The average Bonchev–Trinajstić information content (AvgIpc) is 3.00. The normalized spacial score (nSPS) is 16.8. The van der Waals surface area contributed by atoms with Crippen molar-refractivity contribution < 1.29 is 17.6 Å². The summed E-state index contributed by atoms with van der Waals surface area (Å²) in [4.78, 5) is 14.0. The van der Waals surface area contributed by atoms with Crippen molar-refractivity contribution in [3.63, 3.8) is 0 Å². The SMILES string of the molecule is O=C(c1ccccc1F)N1CCCN(S(=O)(=O)c2cccs2)CC1. The van der Waals surface area contributed by atoms with Gasteiger partial charge in [-0.3, -0.25) is 4.79 Å². The van der Waals surface area contributed by atoms with Crippen LogP contribution in [0.15, 0.2) is 46.0 Å². The number of sulfonamides is 1. The molecule has 1 aromatic carbocycles. The van der Waals surface area contributed by atoms with E-state index in [9.17, 15) is 17.6 Å². The number of thiophene rings is 1. The second-order valence-corrected chi connectivity index (χ2v) is 8.57. The van der Waals surface area contributed by atoms with Gasteiger partial charge >= 0.3 is 0 Å². The van der Waals surface area contributed by atoms with Gasteiger partial charge in [0.05, 0.1) is 5.56 Å². The number of nitrogens with zero attached hydrogens (tertiary/aromatic N) is 2. The third kappa shape index (κ3) is 3.35. The van der Waals surface area contributed by atoms with Crippen LogP contribution in [0.4, 0.5) is 4.39 Å². The van der Waals surface area contributed by atoms with Crippen molar-refractivity contribution in [3.8, 4) is 0 Å². The number of rotatable bonds is 3. The van der Waals surface area contributed by atoms with Gasteiger partial charge in [0.2, 0.25) is 0 Å². The molecular weight excluding hydrogens is 351 g/mol. The van der Waals surface area contributed by atoms with E-state index in [-0.39, 0.29) is 18.7 Å². The Bertz CT molecular complexity index is 822. The molecule has 3 rings (SSSR count).